The Morgan fingerprint density at radius 1 is 1.18 bits per heavy atom. The quantitative estimate of drug-likeness (QED) is 0.543. The van der Waals surface area contributed by atoms with Gasteiger partial charge in [-0.25, -0.2) is 9.38 Å². The molecule has 0 bridgehead atoms. The number of fused-ring (bicyclic) bond motifs is 3. The molecule has 0 amide bonds. The third-order valence-electron chi connectivity index (χ3n) is 3.89. The number of aromatic nitrogens is 2. The van der Waals surface area contributed by atoms with E-state index in [1.807, 2.05) is 38.1 Å². The lowest BCUT2D eigenvalue weighted by Gasteiger charge is -1.98. The smallest absolute Gasteiger partial charge is 0.275 e. The van der Waals surface area contributed by atoms with Gasteiger partial charge >= 0.3 is 0 Å². The summed E-state index contributed by atoms with van der Waals surface area (Å²) in [6.45, 7) is 5.98. The van der Waals surface area contributed by atoms with Crippen molar-refractivity contribution in [1.29, 1.82) is 0 Å². The van der Waals surface area contributed by atoms with Crippen LogP contribution in [0.15, 0.2) is 33.5 Å². The van der Waals surface area contributed by atoms with Gasteiger partial charge in [0.25, 0.3) is 5.56 Å². The van der Waals surface area contributed by atoms with Gasteiger partial charge in [-0.15, -0.1) is 0 Å². The largest absolute Gasteiger partial charge is 0.462 e. The molecule has 0 atom stereocenters. The highest BCUT2D eigenvalue weighted by atomic mass is 32.1. The molecule has 0 radical (unpaired) electrons. The van der Waals surface area contributed by atoms with E-state index in [2.05, 4.69) is 11.9 Å². The van der Waals surface area contributed by atoms with Crippen LogP contribution in [-0.2, 0) is 0 Å². The second-order valence-electron chi connectivity index (χ2n) is 5.52. The molecule has 4 nitrogen and oxygen atoms in total. The Hall–Kier alpha value is -2.40. The molecule has 0 saturated heterocycles. The van der Waals surface area contributed by atoms with E-state index >= 15 is 0 Å². The van der Waals surface area contributed by atoms with E-state index in [1.165, 1.54) is 16.9 Å². The predicted octanol–water partition coefficient (Wildman–Crippen LogP) is 2.98. The van der Waals surface area contributed by atoms with Gasteiger partial charge in [0.2, 0.25) is 0 Å². The zero-order valence-electron chi connectivity index (χ0n) is 12.5. The second-order valence-corrected chi connectivity index (χ2v) is 6.53. The SMILES string of the molecule is Cc1ccc(C=c2sc3nc4cc(C)c(C)cc4n3c2=O)o1. The van der Waals surface area contributed by atoms with Crippen LogP contribution in [0, 0.1) is 20.8 Å². The van der Waals surface area contributed by atoms with Gasteiger partial charge in [0.15, 0.2) is 4.96 Å². The van der Waals surface area contributed by atoms with E-state index in [4.69, 9.17) is 4.42 Å². The number of hydrogen-bond acceptors (Lipinski definition) is 4. The molecule has 0 N–H and O–H groups in total. The first-order valence-corrected chi connectivity index (χ1v) is 7.85. The number of thiazole rings is 1. The summed E-state index contributed by atoms with van der Waals surface area (Å²) in [5.74, 6) is 1.52. The fraction of sp³-hybridized carbons (Fsp3) is 0.176. The highest BCUT2D eigenvalue weighted by Gasteiger charge is 2.12. The molecule has 3 aromatic heterocycles. The first kappa shape index (κ1) is 13.3. The molecule has 5 heteroatoms. The topological polar surface area (TPSA) is 47.5 Å². The summed E-state index contributed by atoms with van der Waals surface area (Å²) in [4.78, 5) is 18.0. The second kappa shape index (κ2) is 4.55. The lowest BCUT2D eigenvalue weighted by Crippen LogP contribution is -2.22. The predicted molar refractivity (Wildman–Crippen MR) is 88.5 cm³/mol. The van der Waals surface area contributed by atoms with Gasteiger partial charge in [0.1, 0.15) is 16.1 Å². The van der Waals surface area contributed by atoms with E-state index in [0.29, 0.717) is 10.3 Å². The van der Waals surface area contributed by atoms with Crippen molar-refractivity contribution in [2.24, 2.45) is 0 Å². The van der Waals surface area contributed by atoms with Gasteiger partial charge in [0.05, 0.1) is 11.0 Å². The molecule has 4 rings (SSSR count). The van der Waals surface area contributed by atoms with Crippen LogP contribution < -0.4 is 10.1 Å². The molecular weight excluding hydrogens is 296 g/mol. The molecular formula is C17H14N2O2S. The summed E-state index contributed by atoms with van der Waals surface area (Å²) in [6, 6.07) is 7.81. The highest BCUT2D eigenvalue weighted by Crippen LogP contribution is 2.20. The molecule has 4 aromatic rings. The monoisotopic (exact) mass is 310 g/mol. The lowest BCUT2D eigenvalue weighted by atomic mass is 10.1. The van der Waals surface area contributed by atoms with Crippen LogP contribution in [0.5, 0.6) is 0 Å². The molecule has 0 spiro atoms. The third-order valence-corrected chi connectivity index (χ3v) is 4.86. The number of imidazole rings is 1. The van der Waals surface area contributed by atoms with Gasteiger partial charge in [0, 0.05) is 6.08 Å². The first-order chi connectivity index (χ1) is 10.5. The number of nitrogens with zero attached hydrogens (tertiary/aromatic N) is 2. The van der Waals surface area contributed by atoms with Gasteiger partial charge in [-0.2, -0.15) is 0 Å². The number of hydrogen-bond donors (Lipinski definition) is 0. The summed E-state index contributed by atoms with van der Waals surface area (Å²) in [5, 5.41) is 0. The molecule has 3 heterocycles. The summed E-state index contributed by atoms with van der Waals surface area (Å²) in [5.41, 5.74) is 4.04. The van der Waals surface area contributed by atoms with Gasteiger partial charge < -0.3 is 4.42 Å². The van der Waals surface area contributed by atoms with Crippen LogP contribution >= 0.6 is 11.3 Å². The number of benzene rings is 1. The fourth-order valence-electron chi connectivity index (χ4n) is 2.58. The summed E-state index contributed by atoms with van der Waals surface area (Å²) in [6.07, 6.45) is 1.78. The zero-order valence-corrected chi connectivity index (χ0v) is 13.3. The number of rotatable bonds is 1. The lowest BCUT2D eigenvalue weighted by molar-refractivity contribution is 0.525. The molecule has 0 saturated carbocycles. The summed E-state index contributed by atoms with van der Waals surface area (Å²) >= 11 is 1.39. The summed E-state index contributed by atoms with van der Waals surface area (Å²) in [7, 11) is 0. The Bertz CT molecular complexity index is 1130. The molecule has 0 aliphatic heterocycles. The van der Waals surface area contributed by atoms with Crippen molar-refractivity contribution in [3.05, 3.63) is 61.8 Å². The van der Waals surface area contributed by atoms with Crippen molar-refractivity contribution < 1.29 is 4.42 Å². The van der Waals surface area contributed by atoms with Crippen molar-refractivity contribution in [2.75, 3.05) is 0 Å². The maximum Gasteiger partial charge on any atom is 0.275 e. The third kappa shape index (κ3) is 1.89. The molecule has 1 aromatic carbocycles. The van der Waals surface area contributed by atoms with Crippen molar-refractivity contribution in [2.45, 2.75) is 20.8 Å². The first-order valence-electron chi connectivity index (χ1n) is 7.03. The van der Waals surface area contributed by atoms with Crippen molar-refractivity contribution >= 4 is 33.4 Å². The van der Waals surface area contributed by atoms with E-state index in [9.17, 15) is 4.79 Å². The van der Waals surface area contributed by atoms with Gasteiger partial charge in [-0.3, -0.25) is 4.79 Å². The van der Waals surface area contributed by atoms with E-state index in [0.717, 1.165) is 27.3 Å². The van der Waals surface area contributed by atoms with Crippen LogP contribution in [0.3, 0.4) is 0 Å². The zero-order chi connectivity index (χ0) is 15.4. The van der Waals surface area contributed by atoms with Gasteiger partial charge in [-0.05, 0) is 56.2 Å². The Morgan fingerprint density at radius 3 is 2.68 bits per heavy atom. The summed E-state index contributed by atoms with van der Waals surface area (Å²) < 4.78 is 7.84. The number of furan rings is 1. The van der Waals surface area contributed by atoms with Crippen LogP contribution in [0.1, 0.15) is 22.6 Å². The minimum absolute atomic E-state index is 0.0418. The van der Waals surface area contributed by atoms with Crippen molar-refractivity contribution in [3.63, 3.8) is 0 Å². The average Bonchev–Trinajstić information content (AvgIpc) is 3.09. The molecule has 110 valence electrons. The van der Waals surface area contributed by atoms with Crippen LogP contribution in [0.25, 0.3) is 22.1 Å². The molecule has 0 unspecified atom stereocenters. The van der Waals surface area contributed by atoms with Gasteiger partial charge in [-0.1, -0.05) is 11.3 Å². The minimum atomic E-state index is -0.0418. The van der Waals surface area contributed by atoms with Crippen LogP contribution in [0.4, 0.5) is 0 Å². The van der Waals surface area contributed by atoms with Crippen molar-refractivity contribution in [1.82, 2.24) is 9.38 Å². The molecule has 22 heavy (non-hydrogen) atoms. The minimum Gasteiger partial charge on any atom is -0.462 e. The molecule has 0 fully saturated rings. The maximum atomic E-state index is 12.7. The number of aryl methyl sites for hydroxylation is 3. The van der Waals surface area contributed by atoms with Crippen LogP contribution in [-0.4, -0.2) is 9.38 Å². The standard InChI is InChI=1S/C17H14N2O2S/c1-9-6-13-14(7-10(9)2)19-16(20)15(22-17(19)18-13)8-12-5-4-11(3)21-12/h4-8H,1-3H3. The van der Waals surface area contributed by atoms with E-state index < -0.39 is 0 Å². The Kier molecular flexibility index (Phi) is 2.74. The highest BCUT2D eigenvalue weighted by molar-refractivity contribution is 7.15. The Labute approximate surface area is 130 Å². The average molecular weight is 310 g/mol. The maximum absolute atomic E-state index is 12.7. The van der Waals surface area contributed by atoms with E-state index in [-0.39, 0.29) is 5.56 Å². The fourth-order valence-corrected chi connectivity index (χ4v) is 3.55. The normalized spacial score (nSPS) is 12.8. The molecule has 0 aliphatic rings. The van der Waals surface area contributed by atoms with E-state index in [1.54, 1.807) is 10.5 Å². The Morgan fingerprint density at radius 2 is 1.95 bits per heavy atom. The molecule has 0 aliphatic carbocycles. The van der Waals surface area contributed by atoms with Crippen LogP contribution in [0.2, 0.25) is 0 Å². The Balaban J connectivity index is 2.04. The van der Waals surface area contributed by atoms with Crippen molar-refractivity contribution in [3.8, 4) is 0 Å².